The van der Waals surface area contributed by atoms with Gasteiger partial charge in [0.25, 0.3) is 0 Å². The Balaban J connectivity index is 2.73. The predicted molar refractivity (Wildman–Crippen MR) is 94.0 cm³/mol. The molecule has 1 amide bonds. The number of aliphatic imine (C=N–C) groups is 1. The predicted octanol–water partition coefficient (Wildman–Crippen LogP) is 1.66. The summed E-state index contributed by atoms with van der Waals surface area (Å²) >= 11 is 6.10. The summed E-state index contributed by atoms with van der Waals surface area (Å²) in [5, 5.41) is 6.59. The number of guanidine groups is 1. The second-order valence-corrected chi connectivity index (χ2v) is 5.35. The number of benzene rings is 1. The van der Waals surface area contributed by atoms with E-state index in [4.69, 9.17) is 16.3 Å². The molecule has 126 valence electrons. The van der Waals surface area contributed by atoms with Crippen LogP contribution in [0.15, 0.2) is 35.8 Å². The third kappa shape index (κ3) is 6.61. The Morgan fingerprint density at radius 3 is 2.74 bits per heavy atom. The highest BCUT2D eigenvalue weighted by Crippen LogP contribution is 2.25. The van der Waals surface area contributed by atoms with Gasteiger partial charge in [-0.3, -0.25) is 4.79 Å². The number of hydrogen-bond acceptors (Lipinski definition) is 3. The van der Waals surface area contributed by atoms with Gasteiger partial charge in [-0.25, -0.2) is 4.99 Å². The molecular formula is C16H23ClN4O2. The number of methoxy groups -OCH3 is 1. The Morgan fingerprint density at radius 1 is 1.43 bits per heavy atom. The van der Waals surface area contributed by atoms with E-state index in [0.29, 0.717) is 29.8 Å². The Labute approximate surface area is 142 Å². The number of ether oxygens (including phenoxy) is 1. The van der Waals surface area contributed by atoms with Gasteiger partial charge in [0, 0.05) is 20.6 Å². The summed E-state index contributed by atoms with van der Waals surface area (Å²) in [7, 11) is 4.98. The van der Waals surface area contributed by atoms with Crippen molar-refractivity contribution in [1.82, 2.24) is 15.5 Å². The number of likely N-dealkylation sites (N-methyl/N-ethyl adjacent to an activating group) is 1. The van der Waals surface area contributed by atoms with Crippen LogP contribution in [-0.4, -0.2) is 51.1 Å². The van der Waals surface area contributed by atoms with Gasteiger partial charge in [-0.05, 0) is 17.7 Å². The first-order valence-corrected chi connectivity index (χ1v) is 7.51. The van der Waals surface area contributed by atoms with Crippen molar-refractivity contribution in [1.29, 1.82) is 0 Å². The highest BCUT2D eigenvalue weighted by atomic mass is 35.5. The molecule has 7 heteroatoms. The van der Waals surface area contributed by atoms with Crippen LogP contribution in [-0.2, 0) is 11.3 Å². The molecule has 0 fully saturated rings. The van der Waals surface area contributed by atoms with Gasteiger partial charge in [0.1, 0.15) is 5.75 Å². The fourth-order valence-corrected chi connectivity index (χ4v) is 1.92. The van der Waals surface area contributed by atoms with Crippen molar-refractivity contribution >= 4 is 23.5 Å². The molecule has 0 aliphatic carbocycles. The van der Waals surface area contributed by atoms with Gasteiger partial charge < -0.3 is 20.3 Å². The van der Waals surface area contributed by atoms with Crippen molar-refractivity contribution in [3.63, 3.8) is 0 Å². The SMILES string of the molecule is C=CCNC(=NCc1ccc(OC)c(Cl)c1)NCC(=O)N(C)C. The smallest absolute Gasteiger partial charge is 0.241 e. The molecule has 6 nitrogen and oxygen atoms in total. The number of nitrogens with zero attached hydrogens (tertiary/aromatic N) is 2. The van der Waals surface area contributed by atoms with Crippen molar-refractivity contribution in [2.75, 3.05) is 34.3 Å². The standard InChI is InChI=1S/C16H23ClN4O2/c1-5-8-18-16(20-11-15(22)21(2)3)19-10-12-6-7-14(23-4)13(17)9-12/h5-7,9H,1,8,10-11H2,2-4H3,(H2,18,19,20). The zero-order valence-electron chi connectivity index (χ0n) is 13.7. The summed E-state index contributed by atoms with van der Waals surface area (Å²) in [6, 6.07) is 5.50. The molecule has 1 rings (SSSR count). The van der Waals surface area contributed by atoms with Crippen LogP contribution in [0.3, 0.4) is 0 Å². The number of nitrogens with one attached hydrogen (secondary N) is 2. The van der Waals surface area contributed by atoms with Gasteiger partial charge in [0.15, 0.2) is 5.96 Å². The minimum atomic E-state index is -0.0365. The van der Waals surface area contributed by atoms with E-state index in [9.17, 15) is 4.79 Å². The monoisotopic (exact) mass is 338 g/mol. The van der Waals surface area contributed by atoms with Crippen molar-refractivity contribution in [3.05, 3.63) is 41.4 Å². The Kier molecular flexibility index (Phi) is 7.97. The molecule has 0 heterocycles. The number of carbonyl (C=O) groups excluding carboxylic acids is 1. The first-order valence-electron chi connectivity index (χ1n) is 7.13. The molecule has 2 N–H and O–H groups in total. The minimum Gasteiger partial charge on any atom is -0.495 e. The molecule has 1 aromatic rings. The molecule has 0 saturated carbocycles. The summed E-state index contributed by atoms with van der Waals surface area (Å²) in [4.78, 5) is 17.6. The summed E-state index contributed by atoms with van der Waals surface area (Å²) in [6.07, 6.45) is 1.72. The largest absolute Gasteiger partial charge is 0.495 e. The number of hydrogen-bond donors (Lipinski definition) is 2. The van der Waals surface area contributed by atoms with Crippen LogP contribution < -0.4 is 15.4 Å². The molecular weight excluding hydrogens is 316 g/mol. The molecule has 0 spiro atoms. The average Bonchev–Trinajstić information content (AvgIpc) is 2.53. The zero-order chi connectivity index (χ0) is 17.2. The lowest BCUT2D eigenvalue weighted by Crippen LogP contribution is -2.43. The van der Waals surface area contributed by atoms with Crippen LogP contribution in [0.5, 0.6) is 5.75 Å². The fraction of sp³-hybridized carbons (Fsp3) is 0.375. The first-order chi connectivity index (χ1) is 11.0. The maximum atomic E-state index is 11.6. The van der Waals surface area contributed by atoms with Gasteiger partial charge >= 0.3 is 0 Å². The second kappa shape index (κ2) is 9.74. The Hall–Kier alpha value is -2.21. The Bertz CT molecular complexity index is 573. The maximum absolute atomic E-state index is 11.6. The minimum absolute atomic E-state index is 0.0365. The van der Waals surface area contributed by atoms with Crippen LogP contribution in [0.4, 0.5) is 0 Å². The van der Waals surface area contributed by atoms with Crippen molar-refractivity contribution in [3.8, 4) is 5.75 Å². The number of amides is 1. The molecule has 23 heavy (non-hydrogen) atoms. The topological polar surface area (TPSA) is 66.0 Å². The third-order valence-corrected chi connectivity index (χ3v) is 3.25. The van der Waals surface area contributed by atoms with Crippen LogP contribution in [0.1, 0.15) is 5.56 Å². The van der Waals surface area contributed by atoms with Gasteiger partial charge in [-0.15, -0.1) is 6.58 Å². The van der Waals surface area contributed by atoms with E-state index < -0.39 is 0 Å². The van der Waals surface area contributed by atoms with Gasteiger partial charge in [-0.2, -0.15) is 0 Å². The van der Waals surface area contributed by atoms with E-state index in [1.54, 1.807) is 39.4 Å². The normalized spacial score (nSPS) is 10.9. The van der Waals surface area contributed by atoms with Crippen molar-refractivity contribution < 1.29 is 9.53 Å². The van der Waals surface area contributed by atoms with Crippen LogP contribution in [0.25, 0.3) is 0 Å². The number of rotatable bonds is 7. The third-order valence-electron chi connectivity index (χ3n) is 2.96. The average molecular weight is 339 g/mol. The van der Waals surface area contributed by atoms with Gasteiger partial charge in [0.05, 0.1) is 25.2 Å². The van der Waals surface area contributed by atoms with Crippen LogP contribution in [0, 0.1) is 0 Å². The highest BCUT2D eigenvalue weighted by Gasteiger charge is 2.06. The lowest BCUT2D eigenvalue weighted by molar-refractivity contribution is -0.127. The van der Waals surface area contributed by atoms with E-state index in [-0.39, 0.29) is 12.5 Å². The van der Waals surface area contributed by atoms with Gasteiger partial charge in [0.2, 0.25) is 5.91 Å². The second-order valence-electron chi connectivity index (χ2n) is 4.95. The van der Waals surface area contributed by atoms with E-state index >= 15 is 0 Å². The lowest BCUT2D eigenvalue weighted by atomic mass is 10.2. The summed E-state index contributed by atoms with van der Waals surface area (Å²) in [6.45, 7) is 4.79. The van der Waals surface area contributed by atoms with E-state index in [1.807, 2.05) is 6.07 Å². The first kappa shape index (κ1) is 18.8. The van der Waals surface area contributed by atoms with E-state index in [2.05, 4.69) is 22.2 Å². The molecule has 0 aliphatic heterocycles. The molecule has 0 aromatic heterocycles. The van der Waals surface area contributed by atoms with Crippen molar-refractivity contribution in [2.45, 2.75) is 6.54 Å². The van der Waals surface area contributed by atoms with E-state index in [1.165, 1.54) is 4.90 Å². The summed E-state index contributed by atoms with van der Waals surface area (Å²) in [5.74, 6) is 1.12. The molecule has 0 aliphatic rings. The van der Waals surface area contributed by atoms with Gasteiger partial charge in [-0.1, -0.05) is 23.7 Å². The maximum Gasteiger partial charge on any atom is 0.241 e. The highest BCUT2D eigenvalue weighted by molar-refractivity contribution is 6.32. The van der Waals surface area contributed by atoms with E-state index in [0.717, 1.165) is 5.56 Å². The molecule has 0 unspecified atom stereocenters. The summed E-state index contributed by atoms with van der Waals surface area (Å²) in [5.41, 5.74) is 0.939. The van der Waals surface area contributed by atoms with Crippen molar-refractivity contribution in [2.24, 2.45) is 4.99 Å². The van der Waals surface area contributed by atoms with Crippen LogP contribution >= 0.6 is 11.6 Å². The lowest BCUT2D eigenvalue weighted by Gasteiger charge is -2.14. The van der Waals surface area contributed by atoms with Crippen LogP contribution in [0.2, 0.25) is 5.02 Å². The number of halogens is 1. The number of carbonyl (C=O) groups is 1. The molecule has 0 saturated heterocycles. The molecule has 0 atom stereocenters. The quantitative estimate of drug-likeness (QED) is 0.451. The fourth-order valence-electron chi connectivity index (χ4n) is 1.64. The summed E-state index contributed by atoms with van der Waals surface area (Å²) < 4.78 is 5.12. The molecule has 0 bridgehead atoms. The zero-order valence-corrected chi connectivity index (χ0v) is 14.5. The Morgan fingerprint density at radius 2 is 2.17 bits per heavy atom. The molecule has 1 aromatic carbocycles. The molecule has 0 radical (unpaired) electrons.